The number of hydrogen-bond donors (Lipinski definition) is 14. The number of carbonyl (C=O) groups excluding carboxylic acids is 9. The van der Waals surface area contributed by atoms with Crippen molar-refractivity contribution in [2.24, 2.45) is 28.3 Å². The fraction of sp³-hybridized carbons (Fsp3) is 0.627. The Morgan fingerprint density at radius 2 is 0.913 bits per heavy atom. The number of unbranched alkanes of at least 4 members (excludes halogenated alkanes) is 12. The molecular formula is C67H108N14O11. The van der Waals surface area contributed by atoms with E-state index >= 15 is 0 Å². The van der Waals surface area contributed by atoms with Crippen LogP contribution in [0.3, 0.4) is 0 Å². The molecule has 1 heterocycles. The summed E-state index contributed by atoms with van der Waals surface area (Å²) in [4.78, 5) is 137. The van der Waals surface area contributed by atoms with E-state index in [-0.39, 0.29) is 87.5 Å². The van der Waals surface area contributed by atoms with Gasteiger partial charge in [-0.3, -0.25) is 48.1 Å². The molecule has 0 unspecified atom stereocenters. The number of nitrogens with one attached hydrogen (secondary N) is 10. The second-order valence-electron chi connectivity index (χ2n) is 25.0. The largest absolute Gasteiger partial charge is 0.508 e. The van der Waals surface area contributed by atoms with Crippen molar-refractivity contribution in [2.75, 3.05) is 13.2 Å². The normalized spacial score (nSPS) is 14.2. The number of carbonyl (C=O) groups is 9. The monoisotopic (exact) mass is 1280 g/mol. The molecule has 1 aromatic heterocycles. The summed E-state index contributed by atoms with van der Waals surface area (Å²) in [5.41, 5.74) is 12.9. The van der Waals surface area contributed by atoms with E-state index in [1.54, 1.807) is 49.4 Å². The Labute approximate surface area is 544 Å². The first kappa shape index (κ1) is 78.2. The molecule has 0 spiro atoms. The molecule has 3 rings (SSSR count). The molecule has 25 nitrogen and oxygen atoms in total. The molecule has 92 heavy (non-hydrogen) atoms. The van der Waals surface area contributed by atoms with Gasteiger partial charge in [-0.05, 0) is 88.0 Å². The molecular weight excluding hydrogens is 1180 g/mol. The highest BCUT2D eigenvalue weighted by Crippen LogP contribution is 2.17. The molecule has 3 aromatic rings. The van der Waals surface area contributed by atoms with Crippen LogP contribution in [0.25, 0.3) is 0 Å². The summed E-state index contributed by atoms with van der Waals surface area (Å²) >= 11 is 0. The lowest BCUT2D eigenvalue weighted by molar-refractivity contribution is -0.135. The zero-order chi connectivity index (χ0) is 68.0. The number of phenolic OH excluding ortho intramolecular Hbond substituents is 1. The Hall–Kier alpha value is -8.09. The molecule has 25 heteroatoms. The van der Waals surface area contributed by atoms with Gasteiger partial charge in [0.1, 0.15) is 54.1 Å². The number of guanidine groups is 1. The predicted molar refractivity (Wildman–Crippen MR) is 355 cm³/mol. The number of imidazole rings is 1. The van der Waals surface area contributed by atoms with Crippen LogP contribution in [-0.4, -0.2) is 147 Å². The third-order valence-corrected chi connectivity index (χ3v) is 15.5. The molecule has 512 valence electrons. The van der Waals surface area contributed by atoms with E-state index in [0.717, 1.165) is 19.3 Å². The van der Waals surface area contributed by atoms with Crippen molar-refractivity contribution in [3.8, 4) is 5.75 Å². The van der Waals surface area contributed by atoms with E-state index in [2.05, 4.69) is 69.7 Å². The number of nitrogens with two attached hydrogens (primary N) is 2. The number of aliphatic hydroxyl groups is 1. The minimum absolute atomic E-state index is 0.00935. The SMILES string of the molecule is CCCCCCCCCCCCCCCC(=O)N[C@@H](CC(C)C)C(=O)N[C@@H](C)C(=O)N[C@@H](Cc1ccc(O)cc1)C(=O)N[C@@H](Cc1ccccc1)C(=O)N[C@@H](CCCN=C(N)N)C(=O)N[C@@H](C)C(=O)N[C@@H](CC(C)C)C(=O)N[C@@H](Cc1cnc[nH]1)C(=O)N[C@H](C)CO. The Morgan fingerprint density at radius 3 is 1.40 bits per heavy atom. The van der Waals surface area contributed by atoms with Crippen LogP contribution in [-0.2, 0) is 62.4 Å². The fourth-order valence-electron chi connectivity index (χ4n) is 10.3. The number of aromatic hydroxyl groups is 1. The van der Waals surface area contributed by atoms with E-state index in [1.807, 2.05) is 27.7 Å². The highest BCUT2D eigenvalue weighted by Gasteiger charge is 2.35. The van der Waals surface area contributed by atoms with Crippen LogP contribution >= 0.6 is 0 Å². The van der Waals surface area contributed by atoms with Crippen molar-refractivity contribution >= 4 is 59.1 Å². The summed E-state index contributed by atoms with van der Waals surface area (Å²) < 4.78 is 0. The van der Waals surface area contributed by atoms with Crippen LogP contribution in [0.15, 0.2) is 72.1 Å². The Balaban J connectivity index is 1.81. The summed E-state index contributed by atoms with van der Waals surface area (Å²) in [5.74, 6) is -6.45. The topological polar surface area (TPSA) is 395 Å². The first-order valence-electron chi connectivity index (χ1n) is 33.1. The summed E-state index contributed by atoms with van der Waals surface area (Å²) in [6.45, 7) is 13.9. The molecule has 0 radical (unpaired) electrons. The summed E-state index contributed by atoms with van der Waals surface area (Å²) in [7, 11) is 0. The summed E-state index contributed by atoms with van der Waals surface area (Å²) in [5, 5.41) is 44.3. The third kappa shape index (κ3) is 32.3. The minimum Gasteiger partial charge on any atom is -0.508 e. The van der Waals surface area contributed by atoms with Gasteiger partial charge < -0.3 is 74.5 Å². The number of aliphatic hydroxyl groups excluding tert-OH is 1. The molecule has 0 fully saturated rings. The van der Waals surface area contributed by atoms with E-state index < -0.39 is 102 Å². The smallest absolute Gasteiger partial charge is 0.243 e. The predicted octanol–water partition coefficient (Wildman–Crippen LogP) is 4.19. The number of aromatic amines is 1. The van der Waals surface area contributed by atoms with Gasteiger partial charge in [-0.2, -0.15) is 0 Å². The lowest BCUT2D eigenvalue weighted by Crippen LogP contribution is -2.60. The molecule has 2 aromatic carbocycles. The van der Waals surface area contributed by atoms with Crippen LogP contribution in [0.5, 0.6) is 5.75 Å². The highest BCUT2D eigenvalue weighted by molar-refractivity contribution is 5.98. The molecule has 0 saturated carbocycles. The van der Waals surface area contributed by atoms with Gasteiger partial charge in [0.05, 0.1) is 12.9 Å². The maximum Gasteiger partial charge on any atom is 0.243 e. The number of nitrogens with zero attached hydrogens (tertiary/aromatic N) is 2. The number of amides is 9. The van der Waals surface area contributed by atoms with Gasteiger partial charge in [0.25, 0.3) is 0 Å². The molecule has 9 amide bonds. The maximum atomic E-state index is 14.7. The van der Waals surface area contributed by atoms with Gasteiger partial charge in [-0.15, -0.1) is 0 Å². The molecule has 9 atom stereocenters. The Morgan fingerprint density at radius 1 is 0.489 bits per heavy atom. The van der Waals surface area contributed by atoms with E-state index in [4.69, 9.17) is 11.5 Å². The molecule has 0 aliphatic rings. The summed E-state index contributed by atoms with van der Waals surface area (Å²) in [6, 6.07) is 4.16. The van der Waals surface area contributed by atoms with Crippen LogP contribution < -0.4 is 59.3 Å². The molecule has 0 bridgehead atoms. The first-order valence-corrected chi connectivity index (χ1v) is 33.1. The van der Waals surface area contributed by atoms with Gasteiger partial charge in [0.2, 0.25) is 53.2 Å². The fourth-order valence-corrected chi connectivity index (χ4v) is 10.3. The Bertz CT molecular complexity index is 2730. The van der Waals surface area contributed by atoms with Gasteiger partial charge >= 0.3 is 0 Å². The number of benzene rings is 2. The summed E-state index contributed by atoms with van der Waals surface area (Å²) in [6.07, 6.45) is 18.7. The Kier molecular flexibility index (Phi) is 37.1. The van der Waals surface area contributed by atoms with Crippen LogP contribution in [0, 0.1) is 11.8 Å². The van der Waals surface area contributed by atoms with Crippen LogP contribution in [0.4, 0.5) is 0 Å². The van der Waals surface area contributed by atoms with E-state index in [0.29, 0.717) is 29.7 Å². The van der Waals surface area contributed by atoms with Gasteiger partial charge in [-0.1, -0.05) is 154 Å². The van der Waals surface area contributed by atoms with Crippen molar-refractivity contribution in [1.29, 1.82) is 0 Å². The molecule has 0 saturated heterocycles. The standard InChI is InChI=1S/C67H108N14O11/c1-9-10-11-12-13-14-15-16-17-18-19-20-24-29-58(84)76-53(35-43(2)3)63(89)75-47(8)60(86)79-55(38-49-30-32-51(83)33-31-49)66(92)80-56(37-48-26-22-21-23-27-48)65(91)77-52(28-25-34-71-67(68)69)61(87)74-46(7)59(85)78-54(36-44(4)5)64(90)81-57(39-50-40-70-42-72-50)62(88)73-45(6)41-82/h21-23,26-27,30-33,40,42-47,52-57,82-83H,9-20,24-25,28-29,34-39,41H2,1-8H3,(H,70,72)(H,73,88)(H,74,87)(H,75,89)(H,76,84)(H,77,91)(H,78,85)(H,79,86)(H,80,92)(H,81,90)(H4,68,69,71)/t45-,46+,47+,52+,53+,54+,55+,56+,57+/m1/s1. The third-order valence-electron chi connectivity index (χ3n) is 15.5. The van der Waals surface area contributed by atoms with Crippen molar-refractivity contribution in [3.05, 3.63) is 83.9 Å². The second-order valence-corrected chi connectivity index (χ2v) is 25.0. The van der Waals surface area contributed by atoms with E-state index in [1.165, 1.54) is 96.3 Å². The molecule has 0 aliphatic carbocycles. The van der Waals surface area contributed by atoms with Crippen molar-refractivity contribution < 1.29 is 53.4 Å². The number of aliphatic imine (C=N–C) groups is 1. The van der Waals surface area contributed by atoms with Crippen molar-refractivity contribution in [1.82, 2.24) is 57.8 Å². The number of phenols is 1. The minimum atomic E-state index is -1.39. The van der Waals surface area contributed by atoms with Crippen molar-refractivity contribution in [2.45, 2.75) is 245 Å². The average molecular weight is 1290 g/mol. The quantitative estimate of drug-likeness (QED) is 0.0214. The second kappa shape index (κ2) is 43.6. The lowest BCUT2D eigenvalue weighted by Gasteiger charge is -2.28. The molecule has 16 N–H and O–H groups in total. The van der Waals surface area contributed by atoms with Gasteiger partial charge in [-0.25, -0.2) is 4.98 Å². The zero-order valence-electron chi connectivity index (χ0n) is 55.6. The number of hydrogen-bond acceptors (Lipinski definition) is 13. The van der Waals surface area contributed by atoms with E-state index in [9.17, 15) is 53.4 Å². The van der Waals surface area contributed by atoms with Crippen LogP contribution in [0.1, 0.15) is 188 Å². The van der Waals surface area contributed by atoms with Gasteiger partial charge in [0.15, 0.2) is 5.96 Å². The van der Waals surface area contributed by atoms with Gasteiger partial charge in [0, 0.05) is 50.2 Å². The maximum absolute atomic E-state index is 14.7. The molecule has 0 aliphatic heterocycles. The lowest BCUT2D eigenvalue weighted by atomic mass is 10.0. The average Bonchev–Trinajstić information content (AvgIpc) is 1.20. The number of rotatable bonds is 46. The van der Waals surface area contributed by atoms with Crippen LogP contribution in [0.2, 0.25) is 0 Å². The highest BCUT2D eigenvalue weighted by atomic mass is 16.3. The zero-order valence-corrected chi connectivity index (χ0v) is 55.6. The number of aromatic nitrogens is 2. The van der Waals surface area contributed by atoms with Crippen molar-refractivity contribution in [3.63, 3.8) is 0 Å². The number of H-pyrrole nitrogens is 1. The first-order chi connectivity index (χ1) is 43.9.